The maximum atomic E-state index is 12.3. The Hall–Kier alpha value is -2.84. The van der Waals surface area contributed by atoms with Gasteiger partial charge in [0.05, 0.1) is 5.69 Å². The molecule has 0 saturated carbocycles. The highest BCUT2D eigenvalue weighted by atomic mass is 19.4. The van der Waals surface area contributed by atoms with E-state index in [1.165, 1.54) is 38.5 Å². The van der Waals surface area contributed by atoms with E-state index in [-0.39, 0.29) is 12.4 Å². The number of fused-ring (bicyclic) bond motifs is 1. The summed E-state index contributed by atoms with van der Waals surface area (Å²) in [6.45, 7) is 0.131. The number of alkyl halides is 3. The third-order valence-electron chi connectivity index (χ3n) is 3.97. The van der Waals surface area contributed by atoms with Crippen LogP contribution in [0.15, 0.2) is 54.6 Å². The van der Waals surface area contributed by atoms with E-state index in [0.717, 1.165) is 10.8 Å². The third-order valence-corrected chi connectivity index (χ3v) is 3.97. The Balaban J connectivity index is 1.93. The normalized spacial score (nSPS) is 11.8. The molecule has 0 radical (unpaired) electrons. The second-order valence-corrected chi connectivity index (χ2v) is 5.82. The molecule has 3 aromatic rings. The summed E-state index contributed by atoms with van der Waals surface area (Å²) in [6, 6.07) is 14.9. The number of benzene rings is 2. The van der Waals surface area contributed by atoms with Gasteiger partial charge in [-0.1, -0.05) is 18.2 Å². The lowest BCUT2D eigenvalue weighted by Gasteiger charge is -2.16. The van der Waals surface area contributed by atoms with Gasteiger partial charge in [-0.2, -0.15) is 0 Å². The second-order valence-electron chi connectivity index (χ2n) is 5.82. The Bertz CT molecular complexity index is 925. The van der Waals surface area contributed by atoms with Crippen LogP contribution in [-0.4, -0.2) is 38.5 Å². The minimum absolute atomic E-state index is 0.131. The Kier molecular flexibility index (Phi) is 6.01. The average Bonchev–Trinajstić information content (AvgIpc) is 2.68. The zero-order valence-electron chi connectivity index (χ0n) is 15.2. The average molecular weight is 393 g/mol. The molecule has 0 amide bonds. The number of hydrogen-bond acceptors (Lipinski definition) is 5. The van der Waals surface area contributed by atoms with Crippen LogP contribution in [0.3, 0.4) is 0 Å². The van der Waals surface area contributed by atoms with Crippen molar-refractivity contribution in [2.75, 3.05) is 20.8 Å². The highest BCUT2D eigenvalue weighted by Gasteiger charge is 2.31. The first-order valence-electron chi connectivity index (χ1n) is 8.34. The standard InChI is InChI=1S/C20H18F3NO4/c1-25-18(26-2)12-27-19-16-6-4-3-5-14(16)11-17(24-19)13-7-9-15(10-8-13)28-20(21,22)23/h3-11,18H,12H2,1-2H3. The zero-order chi connectivity index (χ0) is 20.1. The molecular formula is C20H18F3NO4. The van der Waals surface area contributed by atoms with E-state index in [4.69, 9.17) is 14.2 Å². The predicted molar refractivity (Wildman–Crippen MR) is 97.2 cm³/mol. The third kappa shape index (κ3) is 4.90. The number of methoxy groups -OCH3 is 2. The fraction of sp³-hybridized carbons (Fsp3) is 0.250. The van der Waals surface area contributed by atoms with Gasteiger partial charge in [-0.15, -0.1) is 13.2 Å². The van der Waals surface area contributed by atoms with Crippen LogP contribution in [-0.2, 0) is 9.47 Å². The van der Waals surface area contributed by atoms with E-state index < -0.39 is 12.7 Å². The fourth-order valence-electron chi connectivity index (χ4n) is 2.63. The number of halogens is 3. The maximum absolute atomic E-state index is 12.3. The van der Waals surface area contributed by atoms with Gasteiger partial charge in [-0.3, -0.25) is 0 Å². The molecule has 0 bridgehead atoms. The summed E-state index contributed by atoms with van der Waals surface area (Å²) in [5, 5.41) is 1.68. The molecule has 0 spiro atoms. The molecule has 1 heterocycles. The predicted octanol–water partition coefficient (Wildman–Crippen LogP) is 4.80. The SMILES string of the molecule is COC(COc1nc(-c2ccc(OC(F)(F)F)cc2)cc2ccccc12)OC. The van der Waals surface area contributed by atoms with E-state index >= 15 is 0 Å². The summed E-state index contributed by atoms with van der Waals surface area (Å²) in [6.07, 6.45) is -5.29. The van der Waals surface area contributed by atoms with E-state index in [1.807, 2.05) is 30.3 Å². The van der Waals surface area contributed by atoms with E-state index in [0.29, 0.717) is 17.1 Å². The van der Waals surface area contributed by atoms with Crippen LogP contribution in [0.1, 0.15) is 0 Å². The summed E-state index contributed by atoms with van der Waals surface area (Å²) in [7, 11) is 3.01. The Morgan fingerprint density at radius 3 is 2.29 bits per heavy atom. The zero-order valence-corrected chi connectivity index (χ0v) is 15.2. The minimum atomic E-state index is -4.73. The molecule has 28 heavy (non-hydrogen) atoms. The molecular weight excluding hydrogens is 375 g/mol. The van der Waals surface area contributed by atoms with E-state index in [2.05, 4.69) is 9.72 Å². The molecule has 0 aliphatic carbocycles. The summed E-state index contributed by atoms with van der Waals surface area (Å²) in [5.74, 6) is 0.0827. The largest absolute Gasteiger partial charge is 0.573 e. The molecule has 2 aromatic carbocycles. The van der Waals surface area contributed by atoms with Gasteiger partial charge in [0.2, 0.25) is 5.88 Å². The van der Waals surface area contributed by atoms with Crippen LogP contribution < -0.4 is 9.47 Å². The van der Waals surface area contributed by atoms with Gasteiger partial charge in [0.25, 0.3) is 0 Å². The molecule has 1 aromatic heterocycles. The van der Waals surface area contributed by atoms with Crippen molar-refractivity contribution in [3.8, 4) is 22.9 Å². The van der Waals surface area contributed by atoms with Gasteiger partial charge in [0.15, 0.2) is 6.29 Å². The first kappa shape index (κ1) is 19.9. The van der Waals surface area contributed by atoms with Crippen molar-refractivity contribution in [2.24, 2.45) is 0 Å². The van der Waals surface area contributed by atoms with Crippen molar-refractivity contribution in [3.63, 3.8) is 0 Å². The molecule has 5 nitrogen and oxygen atoms in total. The molecule has 3 rings (SSSR count). The number of nitrogens with zero attached hydrogens (tertiary/aromatic N) is 1. The van der Waals surface area contributed by atoms with Crippen molar-refractivity contribution in [1.82, 2.24) is 4.98 Å². The summed E-state index contributed by atoms with van der Waals surface area (Å²) in [5.41, 5.74) is 1.18. The lowest BCUT2D eigenvalue weighted by Crippen LogP contribution is -2.22. The monoisotopic (exact) mass is 393 g/mol. The van der Waals surface area contributed by atoms with Gasteiger partial charge in [0, 0.05) is 25.2 Å². The summed E-state index contributed by atoms with van der Waals surface area (Å²) < 4.78 is 56.9. The minimum Gasteiger partial charge on any atom is -0.472 e. The molecule has 8 heteroatoms. The lowest BCUT2D eigenvalue weighted by atomic mass is 10.1. The molecule has 0 atom stereocenters. The molecule has 0 fully saturated rings. The number of pyridine rings is 1. The van der Waals surface area contributed by atoms with Gasteiger partial charge in [-0.25, -0.2) is 4.98 Å². The van der Waals surface area contributed by atoms with E-state index in [1.54, 1.807) is 0 Å². The molecule has 0 aliphatic rings. The Labute approximate surface area is 159 Å². The van der Waals surface area contributed by atoms with Crippen molar-refractivity contribution >= 4 is 10.8 Å². The molecule has 0 saturated heterocycles. The highest BCUT2D eigenvalue weighted by Crippen LogP contribution is 2.31. The van der Waals surface area contributed by atoms with Gasteiger partial charge >= 0.3 is 6.36 Å². The number of hydrogen-bond donors (Lipinski definition) is 0. The Morgan fingerprint density at radius 1 is 0.964 bits per heavy atom. The van der Waals surface area contributed by atoms with Gasteiger partial charge < -0.3 is 18.9 Å². The van der Waals surface area contributed by atoms with Crippen molar-refractivity contribution in [1.29, 1.82) is 0 Å². The van der Waals surface area contributed by atoms with E-state index in [9.17, 15) is 13.2 Å². The van der Waals surface area contributed by atoms with Crippen LogP contribution >= 0.6 is 0 Å². The first-order valence-corrected chi connectivity index (χ1v) is 8.34. The van der Waals surface area contributed by atoms with Crippen molar-refractivity contribution in [2.45, 2.75) is 12.7 Å². The molecule has 0 N–H and O–H groups in total. The number of aromatic nitrogens is 1. The number of ether oxygens (including phenoxy) is 4. The maximum Gasteiger partial charge on any atom is 0.573 e. The van der Waals surface area contributed by atoms with Crippen molar-refractivity contribution in [3.05, 3.63) is 54.6 Å². The fourth-order valence-corrected chi connectivity index (χ4v) is 2.63. The van der Waals surface area contributed by atoms with Crippen LogP contribution in [0.2, 0.25) is 0 Å². The van der Waals surface area contributed by atoms with Gasteiger partial charge in [-0.05, 0) is 41.8 Å². The first-order chi connectivity index (χ1) is 13.4. The molecule has 0 aliphatic heterocycles. The molecule has 0 unspecified atom stereocenters. The van der Waals surface area contributed by atoms with Crippen LogP contribution in [0.5, 0.6) is 11.6 Å². The lowest BCUT2D eigenvalue weighted by molar-refractivity contribution is -0.274. The topological polar surface area (TPSA) is 49.8 Å². The quantitative estimate of drug-likeness (QED) is 0.540. The van der Waals surface area contributed by atoms with Crippen molar-refractivity contribution < 1.29 is 32.1 Å². The Morgan fingerprint density at radius 2 is 1.64 bits per heavy atom. The van der Waals surface area contributed by atoms with Crippen LogP contribution in [0, 0.1) is 0 Å². The van der Waals surface area contributed by atoms with Crippen LogP contribution in [0.4, 0.5) is 13.2 Å². The van der Waals surface area contributed by atoms with Gasteiger partial charge in [0.1, 0.15) is 12.4 Å². The smallest absolute Gasteiger partial charge is 0.472 e. The summed E-state index contributed by atoms with van der Waals surface area (Å²) in [4.78, 5) is 4.52. The molecule has 148 valence electrons. The summed E-state index contributed by atoms with van der Waals surface area (Å²) >= 11 is 0. The highest BCUT2D eigenvalue weighted by molar-refractivity contribution is 5.90. The van der Waals surface area contributed by atoms with Crippen LogP contribution in [0.25, 0.3) is 22.0 Å². The second kappa shape index (κ2) is 8.45. The number of rotatable bonds is 7.